The van der Waals surface area contributed by atoms with Gasteiger partial charge in [-0.2, -0.15) is 5.10 Å². The lowest BCUT2D eigenvalue weighted by molar-refractivity contribution is -0.136. The Hall–Kier alpha value is -2.87. The fraction of sp³-hybridized carbons (Fsp3) is 0.593. The molecule has 3 aromatic rings. The lowest BCUT2D eigenvalue weighted by Gasteiger charge is -2.40. The molecule has 5 rings (SSSR count). The maximum absolute atomic E-state index is 13.6. The summed E-state index contributed by atoms with van der Waals surface area (Å²) in [4.78, 5) is 31.2. The molecule has 1 atom stereocenters. The predicted molar refractivity (Wildman–Crippen MR) is 138 cm³/mol. The van der Waals surface area contributed by atoms with Gasteiger partial charge >= 0.3 is 0 Å². The molecule has 0 radical (unpaired) electrons. The fourth-order valence-corrected chi connectivity index (χ4v) is 6.10. The average molecular weight is 480 g/mol. The Morgan fingerprint density at radius 2 is 1.89 bits per heavy atom. The smallest absolute Gasteiger partial charge is 0.261 e. The SMILES string of the molecule is COc1ccc2c(c1)c1c(cnn1CC(=O)N1CCCCC1CN(C)C1CCCCC1)c(=O)n2C. The highest BCUT2D eigenvalue weighted by atomic mass is 16.5. The molecule has 1 saturated carbocycles. The van der Waals surface area contributed by atoms with Crippen molar-refractivity contribution in [3.63, 3.8) is 0 Å². The number of rotatable bonds is 6. The predicted octanol–water partition coefficient (Wildman–Crippen LogP) is 3.54. The van der Waals surface area contributed by atoms with Crippen LogP contribution in [0.2, 0.25) is 0 Å². The number of nitrogens with zero attached hydrogens (tertiary/aromatic N) is 5. The van der Waals surface area contributed by atoms with Crippen LogP contribution in [0.5, 0.6) is 5.75 Å². The van der Waals surface area contributed by atoms with E-state index >= 15 is 0 Å². The van der Waals surface area contributed by atoms with E-state index in [1.165, 1.54) is 32.1 Å². The van der Waals surface area contributed by atoms with Crippen molar-refractivity contribution in [3.8, 4) is 5.75 Å². The number of pyridine rings is 1. The van der Waals surface area contributed by atoms with Crippen LogP contribution < -0.4 is 10.3 Å². The number of carbonyl (C=O) groups excluding carboxylic acids is 1. The van der Waals surface area contributed by atoms with Crippen LogP contribution in [0.15, 0.2) is 29.2 Å². The second kappa shape index (κ2) is 10.0. The first-order valence-electron chi connectivity index (χ1n) is 13.0. The van der Waals surface area contributed by atoms with E-state index in [0.717, 1.165) is 43.3 Å². The summed E-state index contributed by atoms with van der Waals surface area (Å²) in [6.07, 6.45) is 11.3. The molecule has 2 aromatic heterocycles. The van der Waals surface area contributed by atoms with Gasteiger partial charge in [0.15, 0.2) is 0 Å². The van der Waals surface area contributed by atoms with Gasteiger partial charge in [-0.1, -0.05) is 19.3 Å². The first kappa shape index (κ1) is 23.9. The monoisotopic (exact) mass is 479 g/mol. The van der Waals surface area contributed by atoms with Gasteiger partial charge in [0, 0.05) is 37.6 Å². The highest BCUT2D eigenvalue weighted by Gasteiger charge is 2.30. The van der Waals surface area contributed by atoms with E-state index in [0.29, 0.717) is 22.7 Å². The molecule has 188 valence electrons. The van der Waals surface area contributed by atoms with Gasteiger partial charge in [0.2, 0.25) is 5.91 Å². The topological polar surface area (TPSA) is 72.6 Å². The normalized spacial score (nSPS) is 19.7. The molecule has 1 aliphatic heterocycles. The summed E-state index contributed by atoms with van der Waals surface area (Å²) in [5.74, 6) is 0.784. The van der Waals surface area contributed by atoms with Gasteiger partial charge in [-0.05, 0) is 57.4 Å². The van der Waals surface area contributed by atoms with Crippen LogP contribution in [0, 0.1) is 0 Å². The number of hydrogen-bond acceptors (Lipinski definition) is 5. The molecule has 1 unspecified atom stereocenters. The van der Waals surface area contributed by atoms with Gasteiger partial charge in [-0.3, -0.25) is 14.3 Å². The van der Waals surface area contributed by atoms with Crippen molar-refractivity contribution in [3.05, 3.63) is 34.7 Å². The molecule has 0 spiro atoms. The van der Waals surface area contributed by atoms with E-state index < -0.39 is 0 Å². The van der Waals surface area contributed by atoms with Gasteiger partial charge in [-0.15, -0.1) is 0 Å². The molecule has 8 heteroatoms. The third-order valence-corrected chi connectivity index (χ3v) is 8.12. The van der Waals surface area contributed by atoms with Gasteiger partial charge in [0.1, 0.15) is 12.3 Å². The van der Waals surface area contributed by atoms with Crippen LogP contribution in [0.4, 0.5) is 0 Å². The van der Waals surface area contributed by atoms with E-state index in [1.807, 2.05) is 18.2 Å². The molecule has 0 N–H and O–H groups in total. The summed E-state index contributed by atoms with van der Waals surface area (Å²) in [6, 6.07) is 6.52. The number of aryl methyl sites for hydroxylation is 1. The minimum Gasteiger partial charge on any atom is -0.497 e. The number of likely N-dealkylation sites (tertiary alicyclic amines) is 1. The number of amides is 1. The fourth-order valence-electron chi connectivity index (χ4n) is 6.10. The van der Waals surface area contributed by atoms with Crippen LogP contribution >= 0.6 is 0 Å². The molecule has 1 aromatic carbocycles. The summed E-state index contributed by atoms with van der Waals surface area (Å²) in [5, 5.41) is 5.88. The van der Waals surface area contributed by atoms with Crippen LogP contribution in [0.3, 0.4) is 0 Å². The second-order valence-electron chi connectivity index (χ2n) is 10.3. The van der Waals surface area contributed by atoms with Crippen LogP contribution in [-0.4, -0.2) is 69.4 Å². The standard InChI is InChI=1S/C27H37N5O3/c1-29(19-9-5-4-6-10-19)17-20-11-7-8-14-31(20)25(33)18-32-26-22-15-21(35-3)12-13-24(22)30(2)27(34)23(26)16-28-32/h12-13,15-16,19-20H,4-11,14,17-18H2,1-3H3. The molecule has 0 bridgehead atoms. The zero-order chi connectivity index (χ0) is 24.5. The first-order chi connectivity index (χ1) is 17.0. The van der Waals surface area contributed by atoms with Crippen molar-refractivity contribution in [2.45, 2.75) is 70.0 Å². The quantitative estimate of drug-likeness (QED) is 0.541. The molecule has 3 heterocycles. The van der Waals surface area contributed by atoms with E-state index in [1.54, 1.807) is 29.6 Å². The van der Waals surface area contributed by atoms with Gasteiger partial charge in [0.25, 0.3) is 5.56 Å². The third kappa shape index (κ3) is 4.56. The lowest BCUT2D eigenvalue weighted by Crippen LogP contribution is -2.51. The lowest BCUT2D eigenvalue weighted by atomic mass is 9.93. The number of ether oxygens (including phenoxy) is 1. The van der Waals surface area contributed by atoms with E-state index in [9.17, 15) is 9.59 Å². The van der Waals surface area contributed by atoms with Gasteiger partial charge < -0.3 is 19.1 Å². The number of carbonyl (C=O) groups is 1. The molecular formula is C27H37N5O3. The van der Waals surface area contributed by atoms with Crippen LogP contribution in [-0.2, 0) is 18.4 Å². The molecule has 1 aliphatic carbocycles. The van der Waals surface area contributed by atoms with E-state index in [-0.39, 0.29) is 24.1 Å². The average Bonchev–Trinajstić information content (AvgIpc) is 3.31. The Balaban J connectivity index is 1.42. The zero-order valence-corrected chi connectivity index (χ0v) is 21.2. The van der Waals surface area contributed by atoms with Crippen molar-refractivity contribution < 1.29 is 9.53 Å². The van der Waals surface area contributed by atoms with Gasteiger partial charge in [-0.25, -0.2) is 0 Å². The molecule has 2 aliphatic rings. The Morgan fingerprint density at radius 3 is 2.66 bits per heavy atom. The number of benzene rings is 1. The maximum Gasteiger partial charge on any atom is 0.261 e. The second-order valence-corrected chi connectivity index (χ2v) is 10.3. The summed E-state index contributed by atoms with van der Waals surface area (Å²) in [6.45, 7) is 1.85. The van der Waals surface area contributed by atoms with Crippen molar-refractivity contribution in [2.75, 3.05) is 27.2 Å². The maximum atomic E-state index is 13.6. The molecule has 8 nitrogen and oxygen atoms in total. The Morgan fingerprint density at radius 1 is 1.11 bits per heavy atom. The van der Waals surface area contributed by atoms with Crippen molar-refractivity contribution in [2.24, 2.45) is 7.05 Å². The van der Waals surface area contributed by atoms with Crippen molar-refractivity contribution >= 4 is 27.7 Å². The van der Waals surface area contributed by atoms with E-state index in [2.05, 4.69) is 21.9 Å². The molecule has 35 heavy (non-hydrogen) atoms. The summed E-state index contributed by atoms with van der Waals surface area (Å²) >= 11 is 0. The minimum absolute atomic E-state index is 0.0773. The van der Waals surface area contributed by atoms with Crippen molar-refractivity contribution in [1.29, 1.82) is 0 Å². The Kier molecular flexibility index (Phi) is 6.82. The number of aromatic nitrogens is 3. The molecule has 1 saturated heterocycles. The molecule has 1 amide bonds. The summed E-state index contributed by atoms with van der Waals surface area (Å²) in [5.41, 5.74) is 1.38. The zero-order valence-electron chi connectivity index (χ0n) is 21.2. The van der Waals surface area contributed by atoms with E-state index in [4.69, 9.17) is 4.74 Å². The Bertz CT molecular complexity index is 1270. The number of methoxy groups -OCH3 is 1. The van der Waals surface area contributed by atoms with Crippen LogP contribution in [0.25, 0.3) is 21.8 Å². The number of hydrogen-bond donors (Lipinski definition) is 0. The number of likely N-dealkylation sites (N-methyl/N-ethyl adjacent to an activating group) is 1. The van der Waals surface area contributed by atoms with Crippen molar-refractivity contribution in [1.82, 2.24) is 24.1 Å². The largest absolute Gasteiger partial charge is 0.497 e. The minimum atomic E-state index is -0.110. The third-order valence-electron chi connectivity index (χ3n) is 8.12. The Labute approximate surface area is 206 Å². The first-order valence-corrected chi connectivity index (χ1v) is 13.0. The molecule has 2 fully saturated rings. The highest BCUT2D eigenvalue weighted by molar-refractivity contribution is 6.04. The highest BCUT2D eigenvalue weighted by Crippen LogP contribution is 2.28. The summed E-state index contributed by atoms with van der Waals surface area (Å²) in [7, 11) is 5.62. The molecular weight excluding hydrogens is 442 g/mol. The number of fused-ring (bicyclic) bond motifs is 3. The summed E-state index contributed by atoms with van der Waals surface area (Å²) < 4.78 is 8.78. The van der Waals surface area contributed by atoms with Gasteiger partial charge in [0.05, 0.1) is 29.7 Å². The number of piperidine rings is 1. The van der Waals surface area contributed by atoms with Crippen LogP contribution in [0.1, 0.15) is 51.4 Å².